The number of rotatable bonds is 4. The van der Waals surface area contributed by atoms with Gasteiger partial charge >= 0.3 is 0 Å². The van der Waals surface area contributed by atoms with Crippen molar-refractivity contribution in [1.29, 1.82) is 0 Å². The average molecular weight is 375 g/mol. The molecular formula is C20H20ClFN2O2. The molecule has 2 aromatic carbocycles. The van der Waals surface area contributed by atoms with Gasteiger partial charge in [-0.3, -0.25) is 9.59 Å². The Morgan fingerprint density at radius 2 is 1.65 bits per heavy atom. The van der Waals surface area contributed by atoms with E-state index in [1.54, 1.807) is 41.3 Å². The van der Waals surface area contributed by atoms with Crippen molar-refractivity contribution in [3.8, 4) is 0 Å². The summed E-state index contributed by atoms with van der Waals surface area (Å²) in [5.41, 5.74) is 0.569. The molecule has 1 aliphatic rings. The fourth-order valence-corrected chi connectivity index (χ4v) is 3.34. The van der Waals surface area contributed by atoms with Gasteiger partial charge in [0.2, 0.25) is 0 Å². The summed E-state index contributed by atoms with van der Waals surface area (Å²) in [5, 5.41) is 3.33. The minimum absolute atomic E-state index is 0.109. The highest BCUT2D eigenvalue weighted by Gasteiger charge is 2.25. The van der Waals surface area contributed by atoms with Crippen LogP contribution in [-0.2, 0) is 0 Å². The molecule has 0 bridgehead atoms. The van der Waals surface area contributed by atoms with Gasteiger partial charge in [0, 0.05) is 19.6 Å². The molecular weight excluding hydrogens is 355 g/mol. The van der Waals surface area contributed by atoms with E-state index >= 15 is 0 Å². The normalized spacial score (nSPS) is 14.9. The van der Waals surface area contributed by atoms with Crippen LogP contribution < -0.4 is 5.32 Å². The van der Waals surface area contributed by atoms with Gasteiger partial charge in [-0.25, -0.2) is 4.39 Å². The molecule has 2 aromatic rings. The molecule has 1 heterocycles. The average Bonchev–Trinajstić information content (AvgIpc) is 2.67. The molecule has 0 spiro atoms. The molecule has 1 saturated heterocycles. The van der Waals surface area contributed by atoms with Crippen LogP contribution in [0, 0.1) is 11.7 Å². The number of hydrogen-bond donors (Lipinski definition) is 1. The largest absolute Gasteiger partial charge is 0.352 e. The Morgan fingerprint density at radius 1 is 1.04 bits per heavy atom. The molecule has 2 amide bonds. The van der Waals surface area contributed by atoms with Gasteiger partial charge in [0.1, 0.15) is 5.82 Å². The molecule has 0 aromatic heterocycles. The topological polar surface area (TPSA) is 49.4 Å². The summed E-state index contributed by atoms with van der Waals surface area (Å²) < 4.78 is 13.8. The van der Waals surface area contributed by atoms with Crippen LogP contribution in [0.25, 0.3) is 0 Å². The van der Waals surface area contributed by atoms with Crippen LogP contribution in [0.3, 0.4) is 0 Å². The van der Waals surface area contributed by atoms with E-state index in [4.69, 9.17) is 11.6 Å². The van der Waals surface area contributed by atoms with Crippen molar-refractivity contribution in [1.82, 2.24) is 10.2 Å². The van der Waals surface area contributed by atoms with Crippen molar-refractivity contribution in [2.75, 3.05) is 19.6 Å². The Bertz CT molecular complexity index is 804. The summed E-state index contributed by atoms with van der Waals surface area (Å²) in [6, 6.07) is 13.0. The second kappa shape index (κ2) is 8.32. The Kier molecular flexibility index (Phi) is 5.89. The van der Waals surface area contributed by atoms with E-state index < -0.39 is 5.82 Å². The van der Waals surface area contributed by atoms with E-state index in [9.17, 15) is 14.0 Å². The van der Waals surface area contributed by atoms with Crippen LogP contribution in [0.2, 0.25) is 5.02 Å². The molecule has 0 atom stereocenters. The molecule has 136 valence electrons. The van der Waals surface area contributed by atoms with E-state index in [1.165, 1.54) is 12.1 Å². The van der Waals surface area contributed by atoms with Crippen molar-refractivity contribution in [3.05, 3.63) is 70.5 Å². The first-order valence-corrected chi connectivity index (χ1v) is 9.00. The van der Waals surface area contributed by atoms with Crippen molar-refractivity contribution in [3.63, 3.8) is 0 Å². The van der Waals surface area contributed by atoms with Gasteiger partial charge in [0.25, 0.3) is 11.8 Å². The van der Waals surface area contributed by atoms with Gasteiger partial charge in [-0.05, 0) is 43.0 Å². The van der Waals surface area contributed by atoms with E-state index in [2.05, 4.69) is 5.32 Å². The van der Waals surface area contributed by atoms with Crippen LogP contribution in [0.1, 0.15) is 33.6 Å². The summed E-state index contributed by atoms with van der Waals surface area (Å²) in [4.78, 5) is 26.3. The molecule has 6 heteroatoms. The highest BCUT2D eigenvalue weighted by Crippen LogP contribution is 2.20. The second-order valence-electron chi connectivity index (χ2n) is 6.41. The quantitative estimate of drug-likeness (QED) is 0.885. The van der Waals surface area contributed by atoms with E-state index in [0.717, 1.165) is 12.8 Å². The molecule has 26 heavy (non-hydrogen) atoms. The Labute approximate surface area is 157 Å². The first kappa shape index (κ1) is 18.4. The number of nitrogens with one attached hydrogen (secondary N) is 1. The fraction of sp³-hybridized carbons (Fsp3) is 0.300. The van der Waals surface area contributed by atoms with Crippen LogP contribution in [0.5, 0.6) is 0 Å². The number of hydrogen-bond acceptors (Lipinski definition) is 2. The maximum atomic E-state index is 13.8. The molecule has 0 radical (unpaired) electrons. The molecule has 1 aliphatic heterocycles. The third-order valence-electron chi connectivity index (χ3n) is 4.68. The number of piperidine rings is 1. The van der Waals surface area contributed by atoms with E-state index in [-0.39, 0.29) is 23.3 Å². The van der Waals surface area contributed by atoms with Crippen LogP contribution in [-0.4, -0.2) is 36.3 Å². The van der Waals surface area contributed by atoms with Crippen LogP contribution in [0.15, 0.2) is 48.5 Å². The van der Waals surface area contributed by atoms with Gasteiger partial charge in [-0.15, -0.1) is 0 Å². The van der Waals surface area contributed by atoms with Crippen LogP contribution >= 0.6 is 11.6 Å². The lowest BCUT2D eigenvalue weighted by Crippen LogP contribution is -2.41. The Balaban J connectivity index is 1.50. The minimum atomic E-state index is -0.494. The third-order valence-corrected chi connectivity index (χ3v) is 5.01. The fourth-order valence-electron chi connectivity index (χ4n) is 3.12. The standard InChI is InChI=1S/C20H20ClFN2O2/c21-17-7-3-1-5-15(17)19(25)23-13-14-9-11-24(12-10-14)20(26)16-6-2-4-8-18(16)22/h1-8,14H,9-13H2,(H,23,25). The maximum absolute atomic E-state index is 13.8. The number of benzene rings is 2. The van der Waals surface area contributed by atoms with Gasteiger partial charge in [-0.2, -0.15) is 0 Å². The summed E-state index contributed by atoms with van der Waals surface area (Å²) in [6.07, 6.45) is 1.53. The number of likely N-dealkylation sites (tertiary alicyclic amines) is 1. The molecule has 4 nitrogen and oxygen atoms in total. The summed E-state index contributed by atoms with van der Waals surface area (Å²) in [6.45, 7) is 1.64. The molecule has 1 N–H and O–H groups in total. The number of carbonyl (C=O) groups excluding carboxylic acids is 2. The van der Waals surface area contributed by atoms with E-state index in [0.29, 0.717) is 30.2 Å². The first-order chi connectivity index (χ1) is 12.6. The molecule has 3 rings (SSSR count). The maximum Gasteiger partial charge on any atom is 0.256 e. The number of amides is 2. The van der Waals surface area contributed by atoms with Gasteiger partial charge in [0.15, 0.2) is 0 Å². The van der Waals surface area contributed by atoms with Crippen molar-refractivity contribution < 1.29 is 14.0 Å². The van der Waals surface area contributed by atoms with E-state index in [1.807, 2.05) is 0 Å². The Hall–Kier alpha value is -2.40. The number of carbonyl (C=O) groups is 2. The lowest BCUT2D eigenvalue weighted by Gasteiger charge is -2.32. The van der Waals surface area contributed by atoms with Gasteiger partial charge in [-0.1, -0.05) is 35.9 Å². The smallest absolute Gasteiger partial charge is 0.256 e. The first-order valence-electron chi connectivity index (χ1n) is 8.63. The van der Waals surface area contributed by atoms with Gasteiger partial charge < -0.3 is 10.2 Å². The minimum Gasteiger partial charge on any atom is -0.352 e. The number of halogens is 2. The van der Waals surface area contributed by atoms with Crippen LogP contribution in [0.4, 0.5) is 4.39 Å². The molecule has 0 unspecified atom stereocenters. The molecule has 0 aliphatic carbocycles. The SMILES string of the molecule is O=C(NCC1CCN(C(=O)c2ccccc2F)CC1)c1ccccc1Cl. The zero-order chi connectivity index (χ0) is 18.5. The Morgan fingerprint density at radius 3 is 2.31 bits per heavy atom. The molecule has 0 saturated carbocycles. The highest BCUT2D eigenvalue weighted by atomic mass is 35.5. The lowest BCUT2D eigenvalue weighted by molar-refractivity contribution is 0.0679. The number of nitrogens with zero attached hydrogens (tertiary/aromatic N) is 1. The zero-order valence-corrected chi connectivity index (χ0v) is 15.0. The monoisotopic (exact) mass is 374 g/mol. The second-order valence-corrected chi connectivity index (χ2v) is 6.81. The lowest BCUT2D eigenvalue weighted by atomic mass is 9.96. The predicted molar refractivity (Wildman–Crippen MR) is 98.8 cm³/mol. The summed E-state index contributed by atoms with van der Waals surface area (Å²) in [7, 11) is 0. The molecule has 1 fully saturated rings. The van der Waals surface area contributed by atoms with Crippen molar-refractivity contribution >= 4 is 23.4 Å². The third kappa shape index (κ3) is 4.22. The van der Waals surface area contributed by atoms with Crippen molar-refractivity contribution in [2.45, 2.75) is 12.8 Å². The highest BCUT2D eigenvalue weighted by molar-refractivity contribution is 6.33. The zero-order valence-electron chi connectivity index (χ0n) is 14.3. The van der Waals surface area contributed by atoms with Crippen molar-refractivity contribution in [2.24, 2.45) is 5.92 Å². The van der Waals surface area contributed by atoms with Gasteiger partial charge in [0.05, 0.1) is 16.1 Å². The summed E-state index contributed by atoms with van der Waals surface area (Å²) in [5.74, 6) is -0.681. The summed E-state index contributed by atoms with van der Waals surface area (Å²) >= 11 is 6.03. The predicted octanol–water partition coefficient (Wildman–Crippen LogP) is 3.76.